The van der Waals surface area contributed by atoms with E-state index < -0.39 is 33.5 Å². The lowest BCUT2D eigenvalue weighted by Crippen LogP contribution is -2.19. The number of nitro benzene ring substituents is 1. The van der Waals surface area contributed by atoms with Gasteiger partial charge in [0.2, 0.25) is 0 Å². The standard InChI is InChI=1S/C8H3ClF3NO4/c9-7(14)6-4(13(15)16)2-1-3-5(6)17-8(10,11)12/h1-3H. The summed E-state index contributed by atoms with van der Waals surface area (Å²) in [7, 11) is 0. The van der Waals surface area contributed by atoms with Crippen LogP contribution in [0, 0.1) is 10.1 Å². The Labute approximate surface area is 96.9 Å². The Hall–Kier alpha value is -1.83. The highest BCUT2D eigenvalue weighted by molar-refractivity contribution is 6.68. The largest absolute Gasteiger partial charge is 0.573 e. The number of carbonyl (C=O) groups is 1. The van der Waals surface area contributed by atoms with E-state index in [1.165, 1.54) is 0 Å². The second kappa shape index (κ2) is 4.58. The van der Waals surface area contributed by atoms with Gasteiger partial charge in [0.25, 0.3) is 10.9 Å². The molecule has 0 radical (unpaired) electrons. The summed E-state index contributed by atoms with van der Waals surface area (Å²) in [5.41, 5.74) is -1.79. The molecule has 0 amide bonds. The van der Waals surface area contributed by atoms with Gasteiger partial charge in [-0.1, -0.05) is 6.07 Å². The summed E-state index contributed by atoms with van der Waals surface area (Å²) < 4.78 is 39.4. The molecule has 0 aliphatic rings. The van der Waals surface area contributed by atoms with Crippen molar-refractivity contribution in [2.75, 3.05) is 0 Å². The summed E-state index contributed by atoms with van der Waals surface area (Å²) in [6.07, 6.45) is -5.07. The molecule has 0 saturated heterocycles. The van der Waals surface area contributed by atoms with E-state index in [1.54, 1.807) is 0 Å². The number of carbonyl (C=O) groups excluding carboxylic acids is 1. The summed E-state index contributed by atoms with van der Waals surface area (Å²) >= 11 is 5.00. The molecule has 0 fully saturated rings. The van der Waals surface area contributed by atoms with Crippen molar-refractivity contribution in [3.63, 3.8) is 0 Å². The predicted molar refractivity (Wildman–Crippen MR) is 50.0 cm³/mol. The number of rotatable bonds is 3. The molecule has 1 rings (SSSR count). The zero-order valence-corrected chi connectivity index (χ0v) is 8.58. The molecule has 0 bridgehead atoms. The fourth-order valence-electron chi connectivity index (χ4n) is 1.08. The molecule has 0 aliphatic heterocycles. The molecule has 1 aromatic rings. The maximum Gasteiger partial charge on any atom is 0.573 e. The SMILES string of the molecule is O=C(Cl)c1c(OC(F)(F)F)cccc1[N+](=O)[O-]. The van der Waals surface area contributed by atoms with Crippen molar-refractivity contribution in [3.8, 4) is 5.75 Å². The van der Waals surface area contributed by atoms with Gasteiger partial charge in [-0.15, -0.1) is 13.2 Å². The molecule has 0 N–H and O–H groups in total. The van der Waals surface area contributed by atoms with Gasteiger partial charge >= 0.3 is 6.36 Å². The summed E-state index contributed by atoms with van der Waals surface area (Å²) in [6, 6.07) is 2.55. The van der Waals surface area contributed by atoms with Crippen molar-refractivity contribution >= 4 is 22.5 Å². The van der Waals surface area contributed by atoms with Crippen molar-refractivity contribution in [2.24, 2.45) is 0 Å². The first-order chi connectivity index (χ1) is 7.72. The monoisotopic (exact) mass is 269 g/mol. The van der Waals surface area contributed by atoms with Gasteiger partial charge in [-0.05, 0) is 17.7 Å². The molecule has 0 spiro atoms. The van der Waals surface area contributed by atoms with Crippen LogP contribution < -0.4 is 4.74 Å². The Morgan fingerprint density at radius 2 is 2.00 bits per heavy atom. The number of ether oxygens (including phenoxy) is 1. The Morgan fingerprint density at radius 3 is 2.41 bits per heavy atom. The average molecular weight is 270 g/mol. The second-order valence-electron chi connectivity index (χ2n) is 2.73. The first kappa shape index (κ1) is 13.2. The third-order valence-electron chi connectivity index (χ3n) is 1.62. The fraction of sp³-hybridized carbons (Fsp3) is 0.125. The van der Waals surface area contributed by atoms with E-state index in [0.717, 1.165) is 18.2 Å². The first-order valence-corrected chi connectivity index (χ1v) is 4.33. The van der Waals surface area contributed by atoms with Crippen LogP contribution in [0.3, 0.4) is 0 Å². The van der Waals surface area contributed by atoms with E-state index >= 15 is 0 Å². The highest BCUT2D eigenvalue weighted by Gasteiger charge is 2.35. The number of benzene rings is 1. The normalized spacial score (nSPS) is 11.1. The maximum atomic E-state index is 12.0. The first-order valence-electron chi connectivity index (χ1n) is 3.95. The van der Waals surface area contributed by atoms with Crippen molar-refractivity contribution in [3.05, 3.63) is 33.9 Å². The van der Waals surface area contributed by atoms with Crippen LogP contribution in [-0.2, 0) is 0 Å². The molecule has 0 heterocycles. The van der Waals surface area contributed by atoms with Crippen molar-refractivity contribution in [1.29, 1.82) is 0 Å². The van der Waals surface area contributed by atoms with Crippen molar-refractivity contribution in [1.82, 2.24) is 0 Å². The quantitative estimate of drug-likeness (QED) is 0.480. The smallest absolute Gasteiger partial charge is 0.405 e. The topological polar surface area (TPSA) is 69.4 Å². The molecule has 1 aromatic carbocycles. The molecular weight excluding hydrogens is 267 g/mol. The highest BCUT2D eigenvalue weighted by atomic mass is 35.5. The van der Waals surface area contributed by atoms with E-state index in [1.807, 2.05) is 0 Å². The van der Waals surface area contributed by atoms with Crippen LogP contribution in [0.2, 0.25) is 0 Å². The van der Waals surface area contributed by atoms with Gasteiger partial charge in [0.1, 0.15) is 5.75 Å². The van der Waals surface area contributed by atoms with E-state index in [9.17, 15) is 28.1 Å². The highest BCUT2D eigenvalue weighted by Crippen LogP contribution is 2.33. The van der Waals surface area contributed by atoms with Gasteiger partial charge in [0.05, 0.1) is 4.92 Å². The second-order valence-corrected chi connectivity index (χ2v) is 3.07. The Morgan fingerprint density at radius 1 is 1.41 bits per heavy atom. The minimum atomic E-state index is -5.07. The van der Waals surface area contributed by atoms with Gasteiger partial charge in [0, 0.05) is 6.07 Å². The summed E-state index contributed by atoms with van der Waals surface area (Å²) in [4.78, 5) is 20.4. The van der Waals surface area contributed by atoms with Gasteiger partial charge in [-0.3, -0.25) is 14.9 Å². The Kier molecular flexibility index (Phi) is 3.56. The summed E-state index contributed by atoms with van der Waals surface area (Å²) in [5.74, 6) is -1.01. The molecule has 9 heteroatoms. The number of halogens is 4. The van der Waals surface area contributed by atoms with Gasteiger partial charge in [-0.2, -0.15) is 0 Å². The van der Waals surface area contributed by atoms with Crippen LogP contribution in [-0.4, -0.2) is 16.5 Å². The minimum absolute atomic E-state index is 0.760. The summed E-state index contributed by atoms with van der Waals surface area (Å²) in [5, 5.41) is 9.10. The van der Waals surface area contributed by atoms with Crippen LogP contribution >= 0.6 is 11.6 Å². The van der Waals surface area contributed by atoms with E-state index in [2.05, 4.69) is 4.74 Å². The summed E-state index contributed by atoms with van der Waals surface area (Å²) in [6.45, 7) is 0. The molecule has 0 saturated carbocycles. The fourth-order valence-corrected chi connectivity index (χ4v) is 1.27. The lowest BCUT2D eigenvalue weighted by atomic mass is 10.2. The number of nitro groups is 1. The van der Waals surface area contributed by atoms with E-state index in [-0.39, 0.29) is 0 Å². The molecular formula is C8H3ClF3NO4. The van der Waals surface area contributed by atoms with E-state index in [0.29, 0.717) is 0 Å². The van der Waals surface area contributed by atoms with Crippen molar-refractivity contribution in [2.45, 2.75) is 6.36 Å². The molecule has 0 aliphatic carbocycles. The zero-order valence-electron chi connectivity index (χ0n) is 7.82. The van der Waals surface area contributed by atoms with Crippen LogP contribution in [0.25, 0.3) is 0 Å². The lowest BCUT2D eigenvalue weighted by Gasteiger charge is -2.10. The van der Waals surface area contributed by atoms with Crippen LogP contribution in [0.1, 0.15) is 10.4 Å². The third-order valence-corrected chi connectivity index (χ3v) is 1.81. The maximum absolute atomic E-state index is 12.0. The van der Waals surface area contributed by atoms with Crippen LogP contribution in [0.5, 0.6) is 5.75 Å². The lowest BCUT2D eigenvalue weighted by molar-refractivity contribution is -0.385. The molecule has 0 unspecified atom stereocenters. The van der Waals surface area contributed by atoms with Gasteiger partial charge in [-0.25, -0.2) is 0 Å². The molecule has 92 valence electrons. The predicted octanol–water partition coefficient (Wildman–Crippen LogP) is 2.87. The van der Waals surface area contributed by atoms with Crippen molar-refractivity contribution < 1.29 is 27.6 Å². The molecule has 5 nitrogen and oxygen atoms in total. The van der Waals surface area contributed by atoms with Gasteiger partial charge in [0.15, 0.2) is 5.56 Å². The Bertz CT molecular complexity index is 474. The molecule has 0 atom stereocenters. The third kappa shape index (κ3) is 3.31. The Balaban J connectivity index is 3.35. The average Bonchev–Trinajstić information content (AvgIpc) is 2.14. The number of hydrogen-bond acceptors (Lipinski definition) is 4. The van der Waals surface area contributed by atoms with Crippen LogP contribution in [0.4, 0.5) is 18.9 Å². The van der Waals surface area contributed by atoms with Gasteiger partial charge < -0.3 is 4.74 Å². The number of alkyl halides is 3. The van der Waals surface area contributed by atoms with Crippen LogP contribution in [0.15, 0.2) is 18.2 Å². The zero-order chi connectivity index (χ0) is 13.2. The van der Waals surface area contributed by atoms with E-state index in [4.69, 9.17) is 11.6 Å². The number of hydrogen-bond donors (Lipinski definition) is 0. The minimum Gasteiger partial charge on any atom is -0.405 e. The molecule has 0 aromatic heterocycles. The molecule has 17 heavy (non-hydrogen) atoms. The number of nitrogens with zero attached hydrogens (tertiary/aromatic N) is 1.